The molecule has 0 amide bonds. The number of thiophene rings is 1. The van der Waals surface area contributed by atoms with Gasteiger partial charge in [0.2, 0.25) is 0 Å². The molecule has 2 rings (SSSR count). The summed E-state index contributed by atoms with van der Waals surface area (Å²) in [6, 6.07) is 1.42. The Hall–Kier alpha value is -1.18. The van der Waals surface area contributed by atoms with Crippen molar-refractivity contribution in [2.45, 2.75) is 18.5 Å². The van der Waals surface area contributed by atoms with E-state index in [0.717, 1.165) is 11.1 Å². The van der Waals surface area contributed by atoms with Gasteiger partial charge in [0.1, 0.15) is 0 Å². The molecule has 7 heteroatoms. The summed E-state index contributed by atoms with van der Waals surface area (Å²) in [6.45, 7) is 2.26. The zero-order chi connectivity index (χ0) is 11.6. The van der Waals surface area contributed by atoms with Gasteiger partial charge in [-0.1, -0.05) is 0 Å². The minimum Gasteiger partial charge on any atom is -0.266 e. The summed E-state index contributed by atoms with van der Waals surface area (Å²) in [6.07, 6.45) is 1.41. The number of hydrogen-bond donors (Lipinski definition) is 2. The van der Waals surface area contributed by atoms with Gasteiger partial charge in [0.25, 0.3) is 10.0 Å². The van der Waals surface area contributed by atoms with Crippen LogP contribution in [0.15, 0.2) is 28.0 Å². The number of nitrogens with one attached hydrogen (secondary N) is 2. The molecular formula is C9H11N3O2S2. The third-order valence-electron chi connectivity index (χ3n) is 2.18. The van der Waals surface area contributed by atoms with Gasteiger partial charge in [0.15, 0.2) is 5.03 Å². The zero-order valence-corrected chi connectivity index (χ0v) is 10.2. The minimum absolute atomic E-state index is 0.0837. The third kappa shape index (κ3) is 2.31. The number of sulfonamides is 1. The van der Waals surface area contributed by atoms with Crippen LogP contribution in [0.5, 0.6) is 0 Å². The highest BCUT2D eigenvalue weighted by atomic mass is 32.2. The normalized spacial score (nSPS) is 11.8. The fourth-order valence-corrected chi connectivity index (χ4v) is 2.98. The van der Waals surface area contributed by atoms with Crippen LogP contribution in [0.25, 0.3) is 0 Å². The molecule has 0 saturated heterocycles. The molecule has 0 aromatic carbocycles. The van der Waals surface area contributed by atoms with Crippen LogP contribution in [0.1, 0.15) is 11.1 Å². The Kier molecular flexibility index (Phi) is 3.08. The molecule has 2 aromatic heterocycles. The molecule has 2 heterocycles. The Morgan fingerprint density at radius 3 is 2.88 bits per heavy atom. The van der Waals surface area contributed by atoms with Gasteiger partial charge in [0.05, 0.1) is 6.20 Å². The van der Waals surface area contributed by atoms with E-state index in [1.165, 1.54) is 12.3 Å². The van der Waals surface area contributed by atoms with Gasteiger partial charge < -0.3 is 0 Å². The van der Waals surface area contributed by atoms with Crippen LogP contribution in [0.4, 0.5) is 0 Å². The first-order valence-electron chi connectivity index (χ1n) is 4.60. The van der Waals surface area contributed by atoms with E-state index in [2.05, 4.69) is 14.9 Å². The number of rotatable bonds is 4. The molecule has 0 radical (unpaired) electrons. The molecule has 86 valence electrons. The molecular weight excluding hydrogens is 246 g/mol. The van der Waals surface area contributed by atoms with E-state index in [9.17, 15) is 8.42 Å². The summed E-state index contributed by atoms with van der Waals surface area (Å²) in [4.78, 5) is 0. The molecule has 0 spiro atoms. The lowest BCUT2D eigenvalue weighted by molar-refractivity contribution is 0.577. The van der Waals surface area contributed by atoms with Crippen LogP contribution in [-0.2, 0) is 16.6 Å². The first kappa shape index (κ1) is 11.3. The Morgan fingerprint density at radius 2 is 2.31 bits per heavy atom. The van der Waals surface area contributed by atoms with Crippen molar-refractivity contribution in [3.8, 4) is 0 Å². The van der Waals surface area contributed by atoms with Crippen LogP contribution < -0.4 is 4.72 Å². The van der Waals surface area contributed by atoms with E-state index in [-0.39, 0.29) is 5.03 Å². The van der Waals surface area contributed by atoms with Crippen LogP contribution in [0.3, 0.4) is 0 Å². The standard InChI is InChI=1S/C9H11N3O2S2/c1-7-5-15-6-8(7)4-11-16(13,14)9-2-3-10-12-9/h2-3,5-6,11H,4H2,1H3,(H,10,12). The van der Waals surface area contributed by atoms with Crippen molar-refractivity contribution in [3.63, 3.8) is 0 Å². The Morgan fingerprint density at radius 1 is 1.50 bits per heavy atom. The van der Waals surface area contributed by atoms with E-state index in [1.807, 2.05) is 17.7 Å². The van der Waals surface area contributed by atoms with Gasteiger partial charge >= 0.3 is 0 Å². The molecule has 0 aliphatic heterocycles. The fraction of sp³-hybridized carbons (Fsp3) is 0.222. The van der Waals surface area contributed by atoms with Gasteiger partial charge in [0, 0.05) is 6.54 Å². The van der Waals surface area contributed by atoms with Crippen molar-refractivity contribution < 1.29 is 8.42 Å². The summed E-state index contributed by atoms with van der Waals surface area (Å²) < 4.78 is 26.0. The third-order valence-corrected chi connectivity index (χ3v) is 4.42. The maximum Gasteiger partial charge on any atom is 0.257 e. The molecule has 0 bridgehead atoms. The number of aromatic amines is 1. The summed E-state index contributed by atoms with van der Waals surface area (Å²) in [7, 11) is -3.47. The van der Waals surface area contributed by atoms with Crippen molar-refractivity contribution in [2.75, 3.05) is 0 Å². The van der Waals surface area contributed by atoms with Crippen molar-refractivity contribution in [2.24, 2.45) is 0 Å². The lowest BCUT2D eigenvalue weighted by Crippen LogP contribution is -2.23. The Labute approximate surface area is 97.6 Å². The van der Waals surface area contributed by atoms with Crippen LogP contribution in [0.2, 0.25) is 0 Å². The molecule has 0 saturated carbocycles. The molecule has 2 aromatic rings. The largest absolute Gasteiger partial charge is 0.266 e. The summed E-state index contributed by atoms with van der Waals surface area (Å²) in [5.41, 5.74) is 2.09. The van der Waals surface area contributed by atoms with Crippen molar-refractivity contribution in [1.82, 2.24) is 14.9 Å². The average Bonchev–Trinajstić information content (AvgIpc) is 2.85. The van der Waals surface area contributed by atoms with Crippen LogP contribution >= 0.6 is 11.3 Å². The summed E-state index contributed by atoms with van der Waals surface area (Å²) in [5, 5.41) is 10.0. The van der Waals surface area contributed by atoms with E-state index < -0.39 is 10.0 Å². The molecule has 0 fully saturated rings. The first-order valence-corrected chi connectivity index (χ1v) is 7.03. The number of H-pyrrole nitrogens is 1. The Bertz CT molecular complexity index is 557. The second kappa shape index (κ2) is 4.36. The smallest absolute Gasteiger partial charge is 0.257 e. The van der Waals surface area contributed by atoms with Crippen LogP contribution in [-0.4, -0.2) is 18.6 Å². The predicted octanol–water partition coefficient (Wildman–Crippen LogP) is 1.26. The molecule has 2 N–H and O–H groups in total. The van der Waals surface area contributed by atoms with Crippen molar-refractivity contribution in [1.29, 1.82) is 0 Å². The van der Waals surface area contributed by atoms with E-state index in [1.54, 1.807) is 11.3 Å². The lowest BCUT2D eigenvalue weighted by atomic mass is 10.2. The highest BCUT2D eigenvalue weighted by Crippen LogP contribution is 2.14. The second-order valence-electron chi connectivity index (χ2n) is 3.33. The number of aromatic nitrogens is 2. The number of nitrogens with zero attached hydrogens (tertiary/aromatic N) is 1. The molecule has 0 aliphatic carbocycles. The molecule has 0 unspecified atom stereocenters. The quantitative estimate of drug-likeness (QED) is 0.865. The fourth-order valence-electron chi connectivity index (χ4n) is 1.21. The SMILES string of the molecule is Cc1cscc1CNS(=O)(=O)c1ccn[nH]1. The summed E-state index contributed by atoms with van der Waals surface area (Å²) >= 11 is 1.56. The number of hydrogen-bond acceptors (Lipinski definition) is 4. The Balaban J connectivity index is 2.09. The van der Waals surface area contributed by atoms with Gasteiger partial charge in [-0.05, 0) is 34.9 Å². The second-order valence-corrected chi connectivity index (χ2v) is 5.80. The topological polar surface area (TPSA) is 74.8 Å². The highest BCUT2D eigenvalue weighted by Gasteiger charge is 2.15. The van der Waals surface area contributed by atoms with Crippen LogP contribution in [0, 0.1) is 6.92 Å². The van der Waals surface area contributed by atoms with Gasteiger partial charge in [-0.25, -0.2) is 13.1 Å². The summed E-state index contributed by atoms with van der Waals surface area (Å²) in [5.74, 6) is 0. The monoisotopic (exact) mass is 257 g/mol. The maximum atomic E-state index is 11.7. The van der Waals surface area contributed by atoms with Crippen molar-refractivity contribution >= 4 is 21.4 Å². The number of aryl methyl sites for hydroxylation is 1. The predicted molar refractivity (Wildman–Crippen MR) is 61.7 cm³/mol. The first-order chi connectivity index (χ1) is 7.59. The van der Waals surface area contributed by atoms with E-state index in [4.69, 9.17) is 0 Å². The maximum absolute atomic E-state index is 11.7. The van der Waals surface area contributed by atoms with Crippen molar-refractivity contribution in [3.05, 3.63) is 34.2 Å². The van der Waals surface area contributed by atoms with E-state index in [0.29, 0.717) is 6.54 Å². The van der Waals surface area contributed by atoms with Gasteiger partial charge in [-0.15, -0.1) is 0 Å². The highest BCUT2D eigenvalue weighted by molar-refractivity contribution is 7.89. The minimum atomic E-state index is -3.47. The average molecular weight is 257 g/mol. The van der Waals surface area contributed by atoms with Gasteiger partial charge in [-0.3, -0.25) is 5.10 Å². The van der Waals surface area contributed by atoms with Gasteiger partial charge in [-0.2, -0.15) is 16.4 Å². The van der Waals surface area contributed by atoms with E-state index >= 15 is 0 Å². The molecule has 0 aliphatic rings. The molecule has 0 atom stereocenters. The molecule has 16 heavy (non-hydrogen) atoms. The lowest BCUT2D eigenvalue weighted by Gasteiger charge is -2.03. The zero-order valence-electron chi connectivity index (χ0n) is 8.60. The molecule has 5 nitrogen and oxygen atoms in total.